The van der Waals surface area contributed by atoms with Crippen LogP contribution < -0.4 is 0 Å². The van der Waals surface area contributed by atoms with Crippen LogP contribution >= 0.6 is 0 Å². The van der Waals surface area contributed by atoms with Crippen LogP contribution in [0.3, 0.4) is 0 Å². The Morgan fingerprint density at radius 2 is 2.33 bits per heavy atom. The number of methoxy groups -OCH3 is 1. The van der Waals surface area contributed by atoms with Crippen LogP contribution in [0.15, 0.2) is 0 Å². The molecule has 0 spiro atoms. The second-order valence-corrected chi connectivity index (χ2v) is 4.32. The van der Waals surface area contributed by atoms with Gasteiger partial charge in [-0.1, -0.05) is 6.92 Å². The molecule has 3 unspecified atom stereocenters. The van der Waals surface area contributed by atoms with E-state index in [0.717, 1.165) is 32.3 Å². The van der Waals surface area contributed by atoms with Gasteiger partial charge in [-0.3, -0.25) is 0 Å². The van der Waals surface area contributed by atoms with E-state index in [-0.39, 0.29) is 12.2 Å². The third kappa shape index (κ3) is 4.49. The second-order valence-electron chi connectivity index (χ2n) is 4.32. The summed E-state index contributed by atoms with van der Waals surface area (Å²) >= 11 is 0. The van der Waals surface area contributed by atoms with Gasteiger partial charge in [0.25, 0.3) is 0 Å². The molecule has 0 aromatic heterocycles. The van der Waals surface area contributed by atoms with Gasteiger partial charge in [-0.15, -0.1) is 0 Å². The summed E-state index contributed by atoms with van der Waals surface area (Å²) in [6, 6.07) is 0. The first-order valence-corrected chi connectivity index (χ1v) is 6.10. The van der Waals surface area contributed by atoms with Gasteiger partial charge in [0.1, 0.15) is 0 Å². The van der Waals surface area contributed by atoms with Gasteiger partial charge in [0.05, 0.1) is 18.3 Å². The molecule has 1 N–H and O–H groups in total. The number of hydrogen-bond acceptors (Lipinski definition) is 3. The highest BCUT2D eigenvalue weighted by molar-refractivity contribution is 4.70. The lowest BCUT2D eigenvalue weighted by Crippen LogP contribution is -2.27. The SMILES string of the molecule is CCC(OC)C(O)CCCC1CCCO1. The number of aliphatic hydroxyl groups is 1. The summed E-state index contributed by atoms with van der Waals surface area (Å²) in [6.45, 7) is 2.96. The fourth-order valence-electron chi connectivity index (χ4n) is 2.21. The molecular formula is C12H24O3. The third-order valence-corrected chi connectivity index (χ3v) is 3.18. The fourth-order valence-corrected chi connectivity index (χ4v) is 2.21. The van der Waals surface area contributed by atoms with Crippen LogP contribution in [-0.4, -0.2) is 37.1 Å². The van der Waals surface area contributed by atoms with Gasteiger partial charge in [-0.05, 0) is 38.5 Å². The molecule has 15 heavy (non-hydrogen) atoms. The summed E-state index contributed by atoms with van der Waals surface area (Å²) in [5.41, 5.74) is 0. The van der Waals surface area contributed by atoms with Crippen LogP contribution in [-0.2, 0) is 9.47 Å². The predicted octanol–water partition coefficient (Wildman–Crippen LogP) is 2.12. The molecule has 1 aliphatic heterocycles. The van der Waals surface area contributed by atoms with Crippen molar-refractivity contribution in [3.63, 3.8) is 0 Å². The van der Waals surface area contributed by atoms with Gasteiger partial charge in [0.2, 0.25) is 0 Å². The minimum Gasteiger partial charge on any atom is -0.390 e. The molecule has 3 nitrogen and oxygen atoms in total. The topological polar surface area (TPSA) is 38.7 Å². The van der Waals surface area contributed by atoms with Crippen molar-refractivity contribution in [2.24, 2.45) is 0 Å². The zero-order chi connectivity index (χ0) is 11.1. The highest BCUT2D eigenvalue weighted by Crippen LogP contribution is 2.19. The highest BCUT2D eigenvalue weighted by Gasteiger charge is 2.19. The van der Waals surface area contributed by atoms with Crippen molar-refractivity contribution in [1.29, 1.82) is 0 Å². The van der Waals surface area contributed by atoms with Crippen LogP contribution in [0, 0.1) is 0 Å². The lowest BCUT2D eigenvalue weighted by atomic mass is 10.0. The molecule has 1 saturated heterocycles. The lowest BCUT2D eigenvalue weighted by Gasteiger charge is -2.20. The van der Waals surface area contributed by atoms with E-state index < -0.39 is 0 Å². The van der Waals surface area contributed by atoms with Gasteiger partial charge < -0.3 is 14.6 Å². The summed E-state index contributed by atoms with van der Waals surface area (Å²) < 4.78 is 10.7. The first-order chi connectivity index (χ1) is 7.27. The normalized spacial score (nSPS) is 25.4. The summed E-state index contributed by atoms with van der Waals surface area (Å²) in [5, 5.41) is 9.82. The first kappa shape index (κ1) is 12.9. The molecule has 0 bridgehead atoms. The number of rotatable bonds is 7. The van der Waals surface area contributed by atoms with E-state index in [4.69, 9.17) is 9.47 Å². The van der Waals surface area contributed by atoms with Crippen LogP contribution in [0.25, 0.3) is 0 Å². The van der Waals surface area contributed by atoms with Crippen LogP contribution in [0.4, 0.5) is 0 Å². The molecule has 1 rings (SSSR count). The average molecular weight is 216 g/mol. The molecule has 90 valence electrons. The molecule has 3 atom stereocenters. The van der Waals surface area contributed by atoms with E-state index in [0.29, 0.717) is 6.10 Å². The molecule has 3 heteroatoms. The van der Waals surface area contributed by atoms with Crippen molar-refractivity contribution in [1.82, 2.24) is 0 Å². The monoisotopic (exact) mass is 216 g/mol. The largest absolute Gasteiger partial charge is 0.390 e. The molecule has 1 aliphatic rings. The minimum atomic E-state index is -0.318. The Bertz CT molecular complexity index is 151. The Balaban J connectivity index is 2.07. The van der Waals surface area contributed by atoms with Gasteiger partial charge in [-0.25, -0.2) is 0 Å². The Hall–Kier alpha value is -0.120. The average Bonchev–Trinajstić information content (AvgIpc) is 2.72. The van der Waals surface area contributed by atoms with Crippen molar-refractivity contribution in [2.45, 2.75) is 63.8 Å². The standard InChI is InChI=1S/C12H24O3/c1-3-12(14-2)11(13)8-4-6-10-7-5-9-15-10/h10-13H,3-9H2,1-2H3. The summed E-state index contributed by atoms with van der Waals surface area (Å²) in [4.78, 5) is 0. The molecule has 0 aromatic rings. The molecule has 0 aromatic carbocycles. The minimum absolute atomic E-state index is 0.00510. The number of ether oxygens (including phenoxy) is 2. The maximum atomic E-state index is 9.82. The summed E-state index contributed by atoms with van der Waals surface area (Å²) in [6.07, 6.45) is 6.32. The van der Waals surface area contributed by atoms with Gasteiger partial charge >= 0.3 is 0 Å². The van der Waals surface area contributed by atoms with E-state index in [2.05, 4.69) is 0 Å². The first-order valence-electron chi connectivity index (χ1n) is 6.10. The van der Waals surface area contributed by atoms with E-state index in [9.17, 15) is 5.11 Å². The van der Waals surface area contributed by atoms with Crippen molar-refractivity contribution < 1.29 is 14.6 Å². The zero-order valence-electron chi connectivity index (χ0n) is 9.95. The smallest absolute Gasteiger partial charge is 0.0827 e. The van der Waals surface area contributed by atoms with E-state index in [1.54, 1.807) is 7.11 Å². The third-order valence-electron chi connectivity index (χ3n) is 3.18. The fraction of sp³-hybridized carbons (Fsp3) is 1.00. The molecule has 1 heterocycles. The van der Waals surface area contributed by atoms with E-state index in [1.165, 1.54) is 12.8 Å². The second kappa shape index (κ2) is 7.20. The van der Waals surface area contributed by atoms with E-state index in [1.807, 2.05) is 6.92 Å². The van der Waals surface area contributed by atoms with Crippen molar-refractivity contribution >= 4 is 0 Å². The van der Waals surface area contributed by atoms with Gasteiger partial charge in [0, 0.05) is 13.7 Å². The molecule has 0 radical (unpaired) electrons. The Kier molecular flexibility index (Phi) is 6.22. The van der Waals surface area contributed by atoms with Gasteiger partial charge in [-0.2, -0.15) is 0 Å². The van der Waals surface area contributed by atoms with Crippen LogP contribution in [0.1, 0.15) is 45.4 Å². The summed E-state index contributed by atoms with van der Waals surface area (Å²) in [7, 11) is 1.66. The predicted molar refractivity (Wildman–Crippen MR) is 59.9 cm³/mol. The van der Waals surface area contributed by atoms with E-state index >= 15 is 0 Å². The highest BCUT2D eigenvalue weighted by atomic mass is 16.5. The molecule has 1 fully saturated rings. The van der Waals surface area contributed by atoms with Crippen molar-refractivity contribution in [3.05, 3.63) is 0 Å². The Labute approximate surface area is 92.8 Å². The molecule has 0 aliphatic carbocycles. The number of aliphatic hydroxyl groups excluding tert-OH is 1. The summed E-state index contributed by atoms with van der Waals surface area (Å²) in [5.74, 6) is 0. The quantitative estimate of drug-likeness (QED) is 0.708. The number of hydrogen-bond donors (Lipinski definition) is 1. The van der Waals surface area contributed by atoms with Crippen LogP contribution in [0.2, 0.25) is 0 Å². The Morgan fingerprint density at radius 3 is 2.87 bits per heavy atom. The lowest BCUT2D eigenvalue weighted by molar-refractivity contribution is -0.0198. The van der Waals surface area contributed by atoms with Crippen molar-refractivity contribution in [2.75, 3.05) is 13.7 Å². The molecule has 0 amide bonds. The Morgan fingerprint density at radius 1 is 1.53 bits per heavy atom. The van der Waals surface area contributed by atoms with Gasteiger partial charge in [0.15, 0.2) is 0 Å². The maximum absolute atomic E-state index is 9.82. The van der Waals surface area contributed by atoms with Crippen molar-refractivity contribution in [3.8, 4) is 0 Å². The molecule has 0 saturated carbocycles. The molecular weight excluding hydrogens is 192 g/mol. The van der Waals surface area contributed by atoms with Crippen LogP contribution in [0.5, 0.6) is 0 Å². The zero-order valence-corrected chi connectivity index (χ0v) is 9.95. The maximum Gasteiger partial charge on any atom is 0.0827 e.